The Bertz CT molecular complexity index is 518. The van der Waals surface area contributed by atoms with Gasteiger partial charge in [0.25, 0.3) is 0 Å². The molecule has 0 radical (unpaired) electrons. The third kappa shape index (κ3) is 2.68. The van der Waals surface area contributed by atoms with Crippen molar-refractivity contribution in [3.05, 3.63) is 35.8 Å². The van der Waals surface area contributed by atoms with E-state index in [4.69, 9.17) is 4.74 Å². The molecule has 1 N–H and O–H groups in total. The third-order valence-electron chi connectivity index (χ3n) is 2.82. The molecule has 0 saturated carbocycles. The third-order valence-corrected chi connectivity index (χ3v) is 2.82. The van der Waals surface area contributed by atoms with Crippen LogP contribution in [0.2, 0.25) is 0 Å². The van der Waals surface area contributed by atoms with Crippen LogP contribution in [0, 0.1) is 6.92 Å². The van der Waals surface area contributed by atoms with Crippen LogP contribution in [0.1, 0.15) is 24.4 Å². The van der Waals surface area contributed by atoms with Gasteiger partial charge in [-0.3, -0.25) is 4.98 Å². The molecule has 0 aliphatic heterocycles. The zero-order valence-corrected chi connectivity index (χ0v) is 11.1. The highest BCUT2D eigenvalue weighted by atomic mass is 16.5. The first-order valence-electron chi connectivity index (χ1n) is 5.92. The molecule has 2 aromatic rings. The van der Waals surface area contributed by atoms with Crippen LogP contribution < -0.4 is 10.1 Å². The highest BCUT2D eigenvalue weighted by molar-refractivity contribution is 5.27. The van der Waals surface area contributed by atoms with Gasteiger partial charge in [0.2, 0.25) is 5.88 Å². The summed E-state index contributed by atoms with van der Waals surface area (Å²) < 4.78 is 7.42. The second-order valence-corrected chi connectivity index (χ2v) is 4.28. The fourth-order valence-corrected chi connectivity index (χ4v) is 1.66. The van der Waals surface area contributed by atoms with Crippen molar-refractivity contribution in [2.45, 2.75) is 19.9 Å². The van der Waals surface area contributed by atoms with Crippen LogP contribution in [-0.2, 0) is 7.05 Å². The summed E-state index contributed by atoms with van der Waals surface area (Å²) in [4.78, 5) is 4.36. The smallest absolute Gasteiger partial charge is 0.217 e. The number of aromatic nitrogens is 3. The predicted molar refractivity (Wildman–Crippen MR) is 69.7 cm³/mol. The minimum Gasteiger partial charge on any atom is -0.438 e. The van der Waals surface area contributed by atoms with Crippen molar-refractivity contribution in [1.29, 1.82) is 0 Å². The topological polar surface area (TPSA) is 52.0 Å². The largest absolute Gasteiger partial charge is 0.438 e. The van der Waals surface area contributed by atoms with Crippen LogP contribution in [0.3, 0.4) is 0 Å². The van der Waals surface area contributed by atoms with Gasteiger partial charge < -0.3 is 10.1 Å². The quantitative estimate of drug-likeness (QED) is 0.898. The molecule has 18 heavy (non-hydrogen) atoms. The molecule has 0 spiro atoms. The normalized spacial score (nSPS) is 12.4. The zero-order valence-electron chi connectivity index (χ0n) is 11.1. The average molecular weight is 246 g/mol. The van der Waals surface area contributed by atoms with Gasteiger partial charge in [0.15, 0.2) is 0 Å². The molecule has 0 fully saturated rings. The summed E-state index contributed by atoms with van der Waals surface area (Å²) in [6, 6.07) is 6.00. The van der Waals surface area contributed by atoms with E-state index >= 15 is 0 Å². The van der Waals surface area contributed by atoms with Crippen LogP contribution in [0.15, 0.2) is 24.4 Å². The average Bonchev–Trinajstić information content (AvgIpc) is 2.68. The number of hydrogen-bond acceptors (Lipinski definition) is 4. The Balaban J connectivity index is 2.13. The van der Waals surface area contributed by atoms with Crippen molar-refractivity contribution < 1.29 is 4.74 Å². The van der Waals surface area contributed by atoms with Crippen molar-refractivity contribution in [2.75, 3.05) is 7.05 Å². The Morgan fingerprint density at radius 1 is 1.39 bits per heavy atom. The van der Waals surface area contributed by atoms with E-state index in [1.54, 1.807) is 10.9 Å². The van der Waals surface area contributed by atoms with E-state index in [2.05, 4.69) is 22.3 Å². The van der Waals surface area contributed by atoms with Crippen molar-refractivity contribution in [1.82, 2.24) is 20.1 Å². The molecule has 96 valence electrons. The molecule has 1 atom stereocenters. The maximum atomic E-state index is 5.72. The molecule has 1 unspecified atom stereocenters. The Morgan fingerprint density at radius 3 is 2.67 bits per heavy atom. The van der Waals surface area contributed by atoms with Gasteiger partial charge in [0.05, 0.1) is 17.6 Å². The van der Waals surface area contributed by atoms with E-state index < -0.39 is 0 Å². The Labute approximate surface area is 107 Å². The minimum atomic E-state index is 0.234. The number of aryl methyl sites for hydroxylation is 2. The lowest BCUT2D eigenvalue weighted by atomic mass is 10.2. The number of hydrogen-bond donors (Lipinski definition) is 1. The summed E-state index contributed by atoms with van der Waals surface area (Å²) in [5.74, 6) is 1.42. The summed E-state index contributed by atoms with van der Waals surface area (Å²) in [7, 11) is 3.77. The molecule has 0 bridgehead atoms. The fraction of sp³-hybridized carbons (Fsp3) is 0.385. The first kappa shape index (κ1) is 12.6. The second-order valence-electron chi connectivity index (χ2n) is 4.28. The van der Waals surface area contributed by atoms with Gasteiger partial charge in [-0.05, 0) is 33.0 Å². The summed E-state index contributed by atoms with van der Waals surface area (Å²) in [6.45, 7) is 4.00. The summed E-state index contributed by atoms with van der Waals surface area (Å²) in [5, 5.41) is 7.37. The van der Waals surface area contributed by atoms with E-state index in [1.165, 1.54) is 0 Å². The van der Waals surface area contributed by atoms with Crippen LogP contribution in [0.5, 0.6) is 11.6 Å². The number of ether oxygens (including phenoxy) is 1. The molecule has 0 aliphatic carbocycles. The summed E-state index contributed by atoms with van der Waals surface area (Å²) >= 11 is 0. The van der Waals surface area contributed by atoms with Crippen molar-refractivity contribution >= 4 is 0 Å². The number of pyridine rings is 1. The van der Waals surface area contributed by atoms with Gasteiger partial charge in [0, 0.05) is 19.2 Å². The summed E-state index contributed by atoms with van der Waals surface area (Å²) in [5.41, 5.74) is 1.92. The first-order chi connectivity index (χ1) is 8.60. The van der Waals surface area contributed by atoms with Crippen LogP contribution in [0.25, 0.3) is 0 Å². The molecule has 0 saturated heterocycles. The van der Waals surface area contributed by atoms with Crippen LogP contribution in [0.4, 0.5) is 0 Å². The van der Waals surface area contributed by atoms with Gasteiger partial charge in [-0.2, -0.15) is 5.10 Å². The lowest BCUT2D eigenvalue weighted by Crippen LogP contribution is -2.13. The Hall–Kier alpha value is -1.88. The molecule has 0 amide bonds. The highest BCUT2D eigenvalue weighted by Crippen LogP contribution is 2.21. The molecule has 2 rings (SSSR count). The van der Waals surface area contributed by atoms with Crippen molar-refractivity contribution in [3.8, 4) is 11.6 Å². The fourth-order valence-electron chi connectivity index (χ4n) is 1.66. The van der Waals surface area contributed by atoms with E-state index in [0.717, 1.165) is 11.4 Å². The van der Waals surface area contributed by atoms with E-state index in [9.17, 15) is 0 Å². The second kappa shape index (κ2) is 5.18. The van der Waals surface area contributed by atoms with Crippen LogP contribution >= 0.6 is 0 Å². The van der Waals surface area contributed by atoms with Gasteiger partial charge in [-0.1, -0.05) is 0 Å². The SMILES string of the molecule is CNC(C)c1ccc(Oc2cc(C)nn2C)cn1. The minimum absolute atomic E-state index is 0.234. The highest BCUT2D eigenvalue weighted by Gasteiger charge is 2.07. The number of nitrogens with zero attached hydrogens (tertiary/aromatic N) is 3. The van der Waals surface area contributed by atoms with Crippen molar-refractivity contribution in [2.24, 2.45) is 7.05 Å². The maximum Gasteiger partial charge on any atom is 0.217 e. The summed E-state index contributed by atoms with van der Waals surface area (Å²) in [6.07, 6.45) is 1.73. The number of rotatable bonds is 4. The van der Waals surface area contributed by atoms with Gasteiger partial charge >= 0.3 is 0 Å². The van der Waals surface area contributed by atoms with E-state index in [-0.39, 0.29) is 6.04 Å². The Morgan fingerprint density at radius 2 is 2.17 bits per heavy atom. The first-order valence-corrected chi connectivity index (χ1v) is 5.92. The van der Waals surface area contributed by atoms with E-state index in [0.29, 0.717) is 11.6 Å². The van der Waals surface area contributed by atoms with Gasteiger partial charge in [-0.15, -0.1) is 0 Å². The molecular weight excluding hydrogens is 228 g/mol. The molecule has 5 heteroatoms. The lowest BCUT2D eigenvalue weighted by molar-refractivity contribution is 0.428. The molecule has 2 aromatic heterocycles. The number of nitrogens with one attached hydrogen (secondary N) is 1. The zero-order chi connectivity index (χ0) is 13.1. The van der Waals surface area contributed by atoms with Crippen molar-refractivity contribution in [3.63, 3.8) is 0 Å². The van der Waals surface area contributed by atoms with Crippen LogP contribution in [-0.4, -0.2) is 21.8 Å². The molecule has 2 heterocycles. The maximum absolute atomic E-state index is 5.72. The standard InChI is InChI=1S/C13H18N4O/c1-9-7-13(17(4)16-9)18-11-5-6-12(15-8-11)10(2)14-3/h5-8,10,14H,1-4H3. The molecule has 0 aromatic carbocycles. The van der Waals surface area contributed by atoms with Gasteiger partial charge in [-0.25, -0.2) is 4.68 Å². The Kier molecular flexibility index (Phi) is 3.62. The predicted octanol–water partition coefficient (Wildman–Crippen LogP) is 2.20. The van der Waals surface area contributed by atoms with Gasteiger partial charge in [0.1, 0.15) is 5.75 Å². The van der Waals surface area contributed by atoms with E-state index in [1.807, 2.05) is 39.2 Å². The lowest BCUT2D eigenvalue weighted by Gasteiger charge is -2.10. The molecule has 5 nitrogen and oxygen atoms in total. The molecular formula is C13H18N4O. The molecule has 0 aliphatic rings. The monoisotopic (exact) mass is 246 g/mol.